The molecule has 3 rings (SSSR count). The maximum atomic E-state index is 13.7. The molecule has 8 heteroatoms. The van der Waals surface area contributed by atoms with Crippen LogP contribution in [0.15, 0.2) is 0 Å². The van der Waals surface area contributed by atoms with Gasteiger partial charge in [-0.05, 0) is 46.0 Å². The monoisotopic (exact) mass is 425 g/mol. The molecule has 3 amide bonds. The quantitative estimate of drug-likeness (QED) is 0.593. The zero-order chi connectivity index (χ0) is 21.7. The third-order valence-corrected chi connectivity index (χ3v) is 8.33. The number of aliphatic hydroxyl groups excluding tert-OH is 1. The van der Waals surface area contributed by atoms with E-state index in [2.05, 4.69) is 10.6 Å². The molecule has 3 aliphatic rings. The van der Waals surface area contributed by atoms with Crippen LogP contribution in [0.2, 0.25) is 0 Å². The lowest BCUT2D eigenvalue weighted by molar-refractivity contribution is -0.143. The molecule has 0 radical (unpaired) electrons. The van der Waals surface area contributed by atoms with Crippen molar-refractivity contribution in [2.75, 3.05) is 13.7 Å². The molecule has 6 atom stereocenters. The van der Waals surface area contributed by atoms with E-state index in [9.17, 15) is 19.5 Å². The van der Waals surface area contributed by atoms with Gasteiger partial charge in [-0.3, -0.25) is 14.4 Å². The highest BCUT2D eigenvalue weighted by atomic mass is 32.2. The molecule has 1 spiro atoms. The minimum absolute atomic E-state index is 0.0636. The van der Waals surface area contributed by atoms with Gasteiger partial charge in [-0.25, -0.2) is 0 Å². The molecule has 0 aliphatic carbocycles. The summed E-state index contributed by atoms with van der Waals surface area (Å²) in [6.45, 7) is 9.66. The van der Waals surface area contributed by atoms with E-state index >= 15 is 0 Å². The molecule has 164 valence electrons. The van der Waals surface area contributed by atoms with Crippen LogP contribution in [0.1, 0.15) is 53.9 Å². The first-order chi connectivity index (χ1) is 13.5. The average Bonchev–Trinajstić information content (AvgIpc) is 3.24. The van der Waals surface area contributed by atoms with Gasteiger partial charge in [0.05, 0.1) is 29.2 Å². The minimum atomic E-state index is -0.667. The van der Waals surface area contributed by atoms with Gasteiger partial charge in [0.1, 0.15) is 6.04 Å². The molecule has 2 bridgehead atoms. The summed E-state index contributed by atoms with van der Waals surface area (Å²) in [6, 6.07) is -1.09. The van der Waals surface area contributed by atoms with Crippen molar-refractivity contribution >= 4 is 29.5 Å². The molecule has 3 saturated heterocycles. The van der Waals surface area contributed by atoms with Gasteiger partial charge < -0.3 is 20.6 Å². The summed E-state index contributed by atoms with van der Waals surface area (Å²) in [5.74, 6) is -1.11. The number of aliphatic hydroxyl groups is 1. The first-order valence-corrected chi connectivity index (χ1v) is 11.5. The van der Waals surface area contributed by atoms with E-state index in [1.165, 1.54) is 0 Å². The number of hydrogen-bond acceptors (Lipinski definition) is 5. The summed E-state index contributed by atoms with van der Waals surface area (Å²) in [5, 5.41) is 16.0. The van der Waals surface area contributed by atoms with Gasteiger partial charge in [0.15, 0.2) is 0 Å². The molecule has 0 aromatic heterocycles. The van der Waals surface area contributed by atoms with E-state index in [1.54, 1.807) is 23.7 Å². The fourth-order valence-corrected chi connectivity index (χ4v) is 7.71. The molecule has 3 aliphatic heterocycles. The van der Waals surface area contributed by atoms with Crippen LogP contribution in [0.4, 0.5) is 0 Å². The Morgan fingerprint density at radius 2 is 1.97 bits per heavy atom. The number of fused-ring (bicyclic) bond motifs is 1. The van der Waals surface area contributed by atoms with Gasteiger partial charge in [-0.2, -0.15) is 0 Å². The smallest absolute Gasteiger partial charge is 0.244 e. The lowest BCUT2D eigenvalue weighted by atomic mass is 9.70. The van der Waals surface area contributed by atoms with Crippen LogP contribution < -0.4 is 10.6 Å². The largest absolute Gasteiger partial charge is 0.394 e. The Morgan fingerprint density at radius 3 is 2.48 bits per heavy atom. The van der Waals surface area contributed by atoms with Crippen LogP contribution >= 0.6 is 11.8 Å². The van der Waals surface area contributed by atoms with Crippen molar-refractivity contribution in [3.63, 3.8) is 0 Å². The van der Waals surface area contributed by atoms with Gasteiger partial charge in [-0.1, -0.05) is 13.8 Å². The molecular formula is C21H35N3O4S. The van der Waals surface area contributed by atoms with Crippen LogP contribution in [0.25, 0.3) is 0 Å². The summed E-state index contributed by atoms with van der Waals surface area (Å²) in [6.07, 6.45) is 2.18. The average molecular weight is 426 g/mol. The molecule has 0 aromatic carbocycles. The maximum Gasteiger partial charge on any atom is 0.244 e. The molecule has 0 aromatic rings. The number of amides is 3. The summed E-state index contributed by atoms with van der Waals surface area (Å²) in [4.78, 5) is 41.5. The summed E-state index contributed by atoms with van der Waals surface area (Å²) < 4.78 is -0.599. The van der Waals surface area contributed by atoms with E-state index in [1.807, 2.05) is 34.6 Å². The van der Waals surface area contributed by atoms with Crippen LogP contribution in [0.3, 0.4) is 0 Å². The molecule has 29 heavy (non-hydrogen) atoms. The van der Waals surface area contributed by atoms with Gasteiger partial charge >= 0.3 is 0 Å². The number of nitrogens with one attached hydrogen (secondary N) is 2. The predicted octanol–water partition coefficient (Wildman–Crippen LogP) is 1.15. The molecular weight excluding hydrogens is 390 g/mol. The molecule has 7 nitrogen and oxygen atoms in total. The number of likely N-dealkylation sites (tertiary alicyclic amines) is 1. The molecule has 0 saturated carbocycles. The topological polar surface area (TPSA) is 98.7 Å². The normalized spacial score (nSPS) is 34.5. The summed E-state index contributed by atoms with van der Waals surface area (Å²) >= 11 is 1.65. The highest BCUT2D eigenvalue weighted by Crippen LogP contribution is 2.66. The second-order valence-corrected chi connectivity index (χ2v) is 11.7. The number of thioether (sulfide) groups is 1. The second kappa shape index (κ2) is 7.76. The number of rotatable bonds is 6. The van der Waals surface area contributed by atoms with E-state index < -0.39 is 34.2 Å². The van der Waals surface area contributed by atoms with E-state index in [0.717, 1.165) is 12.8 Å². The van der Waals surface area contributed by atoms with Gasteiger partial charge in [0.2, 0.25) is 17.7 Å². The van der Waals surface area contributed by atoms with Gasteiger partial charge in [0, 0.05) is 17.8 Å². The van der Waals surface area contributed by atoms with Crippen molar-refractivity contribution in [3.8, 4) is 0 Å². The Labute approximate surface area is 177 Å². The molecule has 3 fully saturated rings. The lowest BCUT2D eigenvalue weighted by Gasteiger charge is -2.39. The van der Waals surface area contributed by atoms with Crippen molar-refractivity contribution in [1.82, 2.24) is 15.5 Å². The van der Waals surface area contributed by atoms with Crippen LogP contribution in [-0.2, 0) is 14.4 Å². The predicted molar refractivity (Wildman–Crippen MR) is 113 cm³/mol. The van der Waals surface area contributed by atoms with Crippen molar-refractivity contribution in [3.05, 3.63) is 0 Å². The summed E-state index contributed by atoms with van der Waals surface area (Å²) in [7, 11) is 1.60. The Hall–Kier alpha value is -1.28. The number of hydrogen-bond donors (Lipinski definition) is 3. The van der Waals surface area contributed by atoms with E-state index in [4.69, 9.17) is 0 Å². The first kappa shape index (κ1) is 22.4. The summed E-state index contributed by atoms with van der Waals surface area (Å²) in [5.41, 5.74) is -0.436. The van der Waals surface area contributed by atoms with Gasteiger partial charge in [-0.15, -0.1) is 11.8 Å². The standard InChI is InChI=1S/C21H35N3O4S/c1-11(2)9-12(10-25)24-16(18(27)23-20(3,4)5)21-8-7-13(29-21)14(17(26)22-6)15(21)19(24)28/h11-16,25H,7-10H2,1-6H3,(H,22,26)(H,23,27)/t12-,13-,14+,15+,16?,21?/m1/s1. The van der Waals surface area contributed by atoms with Crippen LogP contribution in [0, 0.1) is 17.8 Å². The Bertz CT molecular complexity index is 692. The van der Waals surface area contributed by atoms with E-state index in [-0.39, 0.29) is 35.5 Å². The Balaban J connectivity index is 2.06. The third-order valence-electron chi connectivity index (χ3n) is 6.38. The molecule has 3 heterocycles. The van der Waals surface area contributed by atoms with Crippen molar-refractivity contribution < 1.29 is 19.5 Å². The Kier molecular flexibility index (Phi) is 6.00. The van der Waals surface area contributed by atoms with Gasteiger partial charge in [0.25, 0.3) is 0 Å². The van der Waals surface area contributed by atoms with E-state index in [0.29, 0.717) is 6.42 Å². The molecule has 3 N–H and O–H groups in total. The fraction of sp³-hybridized carbons (Fsp3) is 0.857. The second-order valence-electron chi connectivity index (χ2n) is 10.1. The van der Waals surface area contributed by atoms with Crippen LogP contribution in [-0.4, -0.2) is 69.0 Å². The van der Waals surface area contributed by atoms with Crippen molar-refractivity contribution in [2.45, 2.75) is 81.5 Å². The zero-order valence-electron chi connectivity index (χ0n) is 18.3. The van der Waals surface area contributed by atoms with Crippen molar-refractivity contribution in [1.29, 1.82) is 0 Å². The fourth-order valence-electron chi connectivity index (χ4n) is 5.51. The minimum Gasteiger partial charge on any atom is -0.394 e. The lowest BCUT2D eigenvalue weighted by Crippen LogP contribution is -2.59. The van der Waals surface area contributed by atoms with Crippen molar-refractivity contribution in [2.24, 2.45) is 17.8 Å². The highest BCUT2D eigenvalue weighted by Gasteiger charge is 2.74. The number of carbonyl (C=O) groups is 3. The highest BCUT2D eigenvalue weighted by molar-refractivity contribution is 8.02. The number of carbonyl (C=O) groups excluding carboxylic acids is 3. The zero-order valence-corrected chi connectivity index (χ0v) is 19.1. The SMILES string of the molecule is CNC(=O)[C@@H]1[C@H]2C(=O)N([C@@H](CO)CC(C)C)C(C(=O)NC(C)(C)C)C23CC[C@H]1S3. The molecule has 2 unspecified atom stereocenters. The van der Waals surface area contributed by atoms with Crippen LogP contribution in [0.5, 0.6) is 0 Å². The maximum absolute atomic E-state index is 13.7. The number of nitrogens with zero attached hydrogens (tertiary/aromatic N) is 1. The third kappa shape index (κ3) is 3.67. The first-order valence-electron chi connectivity index (χ1n) is 10.6. The Morgan fingerprint density at radius 1 is 1.31 bits per heavy atom.